The average molecular weight is 336 g/mol. The van der Waals surface area contributed by atoms with E-state index in [9.17, 15) is 4.79 Å². The van der Waals surface area contributed by atoms with Gasteiger partial charge in [0.1, 0.15) is 12.0 Å². The van der Waals surface area contributed by atoms with E-state index in [0.29, 0.717) is 22.9 Å². The first-order valence-electron chi connectivity index (χ1n) is 7.40. The van der Waals surface area contributed by atoms with E-state index >= 15 is 0 Å². The number of anilines is 5. The lowest BCUT2D eigenvalue weighted by Gasteiger charge is -2.12. The summed E-state index contributed by atoms with van der Waals surface area (Å²) in [5.74, 6) is 0.528. The Morgan fingerprint density at radius 2 is 1.72 bits per heavy atom. The van der Waals surface area contributed by atoms with Gasteiger partial charge in [-0.3, -0.25) is 4.98 Å². The molecule has 0 bridgehead atoms. The number of hydrogen-bond donors (Lipinski definition) is 3. The number of methoxy groups -OCH3 is 1. The molecule has 8 heteroatoms. The van der Waals surface area contributed by atoms with Gasteiger partial charge in [0, 0.05) is 11.9 Å². The summed E-state index contributed by atoms with van der Waals surface area (Å²) in [7, 11) is 1.34. The van der Waals surface area contributed by atoms with Gasteiger partial charge in [0.2, 0.25) is 0 Å². The molecule has 0 aliphatic rings. The first kappa shape index (κ1) is 16.2. The third kappa shape index (κ3) is 3.81. The monoisotopic (exact) mass is 336 g/mol. The average Bonchev–Trinajstić information content (AvgIpc) is 2.66. The molecule has 0 saturated heterocycles. The zero-order chi connectivity index (χ0) is 17.6. The first-order chi connectivity index (χ1) is 12.2. The van der Waals surface area contributed by atoms with Crippen molar-refractivity contribution in [2.24, 2.45) is 0 Å². The number of carbonyl (C=O) groups excluding carboxylic acids is 1. The fourth-order valence-electron chi connectivity index (χ4n) is 2.11. The Balaban J connectivity index is 1.79. The van der Waals surface area contributed by atoms with Crippen LogP contribution >= 0.6 is 0 Å². The van der Waals surface area contributed by atoms with Gasteiger partial charge in [-0.05, 0) is 36.4 Å². The second kappa shape index (κ2) is 7.26. The van der Waals surface area contributed by atoms with E-state index < -0.39 is 5.97 Å². The number of nitrogens with one attached hydrogen (secondary N) is 2. The Hall–Kier alpha value is -3.68. The van der Waals surface area contributed by atoms with Crippen LogP contribution < -0.4 is 16.4 Å². The van der Waals surface area contributed by atoms with E-state index in [4.69, 9.17) is 5.73 Å². The molecule has 0 amide bonds. The molecular formula is C17H16N6O2. The van der Waals surface area contributed by atoms with Crippen molar-refractivity contribution in [3.8, 4) is 0 Å². The van der Waals surface area contributed by atoms with Crippen molar-refractivity contribution in [1.29, 1.82) is 0 Å². The molecule has 4 N–H and O–H groups in total. The number of nitrogens with zero attached hydrogens (tertiary/aromatic N) is 3. The van der Waals surface area contributed by atoms with Crippen LogP contribution in [0.3, 0.4) is 0 Å². The molecule has 0 radical (unpaired) electrons. The van der Waals surface area contributed by atoms with Crippen LogP contribution in [0.2, 0.25) is 0 Å². The molecule has 8 nitrogen and oxygen atoms in total. The van der Waals surface area contributed by atoms with Gasteiger partial charge in [-0.1, -0.05) is 0 Å². The maximum Gasteiger partial charge on any atom is 0.337 e. The number of pyridine rings is 1. The van der Waals surface area contributed by atoms with Crippen molar-refractivity contribution >= 4 is 34.7 Å². The topological polar surface area (TPSA) is 115 Å². The SMILES string of the molecule is COC(=O)c1ccc(Nc2ncnc(Nc3cccnc3)c2N)cc1. The van der Waals surface area contributed by atoms with E-state index in [1.54, 1.807) is 36.7 Å². The Kier molecular flexibility index (Phi) is 4.70. The number of aromatic nitrogens is 3. The van der Waals surface area contributed by atoms with Crippen molar-refractivity contribution in [2.75, 3.05) is 23.5 Å². The summed E-state index contributed by atoms with van der Waals surface area (Å²) in [5, 5.41) is 6.19. The number of esters is 1. The Bertz CT molecular complexity index is 868. The Morgan fingerprint density at radius 3 is 2.32 bits per heavy atom. The minimum atomic E-state index is -0.393. The number of benzene rings is 1. The molecule has 0 atom stereocenters. The number of nitrogens with two attached hydrogens (primary N) is 1. The van der Waals surface area contributed by atoms with E-state index in [1.807, 2.05) is 12.1 Å². The molecule has 2 heterocycles. The van der Waals surface area contributed by atoms with Gasteiger partial charge in [0.25, 0.3) is 0 Å². The van der Waals surface area contributed by atoms with Crippen molar-refractivity contribution in [3.05, 3.63) is 60.7 Å². The molecule has 0 aliphatic carbocycles. The fraction of sp³-hybridized carbons (Fsp3) is 0.0588. The fourth-order valence-corrected chi connectivity index (χ4v) is 2.11. The number of hydrogen-bond acceptors (Lipinski definition) is 8. The highest BCUT2D eigenvalue weighted by Crippen LogP contribution is 2.27. The highest BCUT2D eigenvalue weighted by molar-refractivity contribution is 5.90. The van der Waals surface area contributed by atoms with Gasteiger partial charge in [0.15, 0.2) is 11.6 Å². The Morgan fingerprint density at radius 1 is 1.04 bits per heavy atom. The third-order valence-electron chi connectivity index (χ3n) is 3.38. The van der Waals surface area contributed by atoms with Gasteiger partial charge < -0.3 is 21.1 Å². The van der Waals surface area contributed by atoms with Gasteiger partial charge in [-0.25, -0.2) is 14.8 Å². The highest BCUT2D eigenvalue weighted by atomic mass is 16.5. The molecule has 0 spiro atoms. The van der Waals surface area contributed by atoms with Crippen molar-refractivity contribution < 1.29 is 9.53 Å². The second-order valence-electron chi connectivity index (χ2n) is 5.05. The molecule has 126 valence electrons. The summed E-state index contributed by atoms with van der Waals surface area (Å²) >= 11 is 0. The lowest BCUT2D eigenvalue weighted by molar-refractivity contribution is 0.0601. The number of carbonyl (C=O) groups is 1. The van der Waals surface area contributed by atoms with Crippen LogP contribution in [0.4, 0.5) is 28.7 Å². The second-order valence-corrected chi connectivity index (χ2v) is 5.05. The largest absolute Gasteiger partial charge is 0.465 e. The normalized spacial score (nSPS) is 10.1. The molecule has 3 aromatic rings. The molecule has 2 aromatic heterocycles. The lowest BCUT2D eigenvalue weighted by Crippen LogP contribution is -2.05. The van der Waals surface area contributed by atoms with E-state index in [1.165, 1.54) is 13.4 Å². The van der Waals surface area contributed by atoms with Crippen LogP contribution in [-0.2, 0) is 4.74 Å². The summed E-state index contributed by atoms with van der Waals surface area (Å²) in [4.78, 5) is 23.8. The summed E-state index contributed by atoms with van der Waals surface area (Å²) in [6.07, 6.45) is 4.75. The smallest absolute Gasteiger partial charge is 0.337 e. The Labute approximate surface area is 144 Å². The molecular weight excluding hydrogens is 320 g/mol. The summed E-state index contributed by atoms with van der Waals surface area (Å²) < 4.78 is 4.67. The maximum atomic E-state index is 11.5. The van der Waals surface area contributed by atoms with Gasteiger partial charge in [-0.2, -0.15) is 0 Å². The maximum absolute atomic E-state index is 11.5. The molecule has 0 saturated carbocycles. The first-order valence-corrected chi connectivity index (χ1v) is 7.40. The van der Waals surface area contributed by atoms with Crippen molar-refractivity contribution in [2.45, 2.75) is 0 Å². The van der Waals surface area contributed by atoms with Crippen LogP contribution in [0.1, 0.15) is 10.4 Å². The third-order valence-corrected chi connectivity index (χ3v) is 3.38. The summed E-state index contributed by atoms with van der Waals surface area (Å²) in [6.45, 7) is 0. The standard InChI is InChI=1S/C17H16N6O2/c1-25-17(24)11-4-6-12(7-5-11)22-15-14(18)16(21-10-20-15)23-13-3-2-8-19-9-13/h2-10H,18H2,1H3,(H2,20,21,22,23). The molecule has 1 aromatic carbocycles. The van der Waals surface area contributed by atoms with Gasteiger partial charge in [-0.15, -0.1) is 0 Å². The highest BCUT2D eigenvalue weighted by Gasteiger charge is 2.10. The number of rotatable bonds is 5. The molecule has 0 aliphatic heterocycles. The van der Waals surface area contributed by atoms with Crippen LogP contribution in [0.5, 0.6) is 0 Å². The lowest BCUT2D eigenvalue weighted by atomic mass is 10.2. The molecule has 25 heavy (non-hydrogen) atoms. The van der Waals surface area contributed by atoms with Crippen LogP contribution in [0.15, 0.2) is 55.1 Å². The molecule has 0 fully saturated rings. The number of nitrogen functional groups attached to an aromatic ring is 1. The van der Waals surface area contributed by atoms with Crippen LogP contribution in [0.25, 0.3) is 0 Å². The molecule has 3 rings (SSSR count). The predicted octanol–water partition coefficient (Wildman–Crippen LogP) is 2.73. The van der Waals surface area contributed by atoms with Gasteiger partial charge >= 0.3 is 5.97 Å². The van der Waals surface area contributed by atoms with E-state index in [-0.39, 0.29) is 0 Å². The number of ether oxygens (including phenoxy) is 1. The summed E-state index contributed by atoms with van der Waals surface area (Å²) in [6, 6.07) is 10.4. The predicted molar refractivity (Wildman–Crippen MR) is 95.0 cm³/mol. The minimum Gasteiger partial charge on any atom is -0.465 e. The zero-order valence-corrected chi connectivity index (χ0v) is 13.4. The van der Waals surface area contributed by atoms with Crippen molar-refractivity contribution in [1.82, 2.24) is 15.0 Å². The molecule has 0 unspecified atom stereocenters. The van der Waals surface area contributed by atoms with E-state index in [0.717, 1.165) is 11.4 Å². The van der Waals surface area contributed by atoms with Gasteiger partial charge in [0.05, 0.1) is 24.6 Å². The summed E-state index contributed by atoms with van der Waals surface area (Å²) in [5.41, 5.74) is 8.45. The van der Waals surface area contributed by atoms with E-state index in [2.05, 4.69) is 30.3 Å². The van der Waals surface area contributed by atoms with Crippen molar-refractivity contribution in [3.63, 3.8) is 0 Å². The zero-order valence-electron chi connectivity index (χ0n) is 13.4. The minimum absolute atomic E-state index is 0.364. The van der Waals surface area contributed by atoms with Crippen LogP contribution in [0, 0.1) is 0 Å². The van der Waals surface area contributed by atoms with Crippen LogP contribution in [-0.4, -0.2) is 28.0 Å². The quantitative estimate of drug-likeness (QED) is 0.609.